The monoisotopic (exact) mass is 461 g/mol. The molecule has 2 aromatic carbocycles. The lowest BCUT2D eigenvalue weighted by Crippen LogP contribution is -2.30. The van der Waals surface area contributed by atoms with E-state index in [1.165, 1.54) is 0 Å². The highest BCUT2D eigenvalue weighted by molar-refractivity contribution is 7.89. The van der Waals surface area contributed by atoms with Crippen molar-refractivity contribution in [2.75, 3.05) is 13.2 Å². The SMILES string of the molecule is CCOC(=O)CC(NS(=O)(=O)c1ccc(OC(F)(F)F)cc1)c1ccc(OCC)cc1. The zero-order valence-electron chi connectivity index (χ0n) is 16.8. The van der Waals surface area contributed by atoms with Crippen LogP contribution in [0.4, 0.5) is 13.2 Å². The summed E-state index contributed by atoms with van der Waals surface area (Å²) >= 11 is 0. The molecule has 0 radical (unpaired) electrons. The van der Waals surface area contributed by atoms with Crippen LogP contribution in [0.2, 0.25) is 0 Å². The number of hydrogen-bond acceptors (Lipinski definition) is 6. The maximum Gasteiger partial charge on any atom is 0.573 e. The van der Waals surface area contributed by atoms with E-state index in [9.17, 15) is 26.4 Å². The summed E-state index contributed by atoms with van der Waals surface area (Å²) in [6.45, 7) is 4.02. The quantitative estimate of drug-likeness (QED) is 0.539. The van der Waals surface area contributed by atoms with Gasteiger partial charge in [0.2, 0.25) is 10.0 Å². The van der Waals surface area contributed by atoms with Gasteiger partial charge in [0, 0.05) is 0 Å². The van der Waals surface area contributed by atoms with Crippen LogP contribution in [0, 0.1) is 0 Å². The normalized spacial score (nSPS) is 12.8. The molecule has 0 saturated carbocycles. The lowest BCUT2D eigenvalue weighted by atomic mass is 10.0. The molecule has 170 valence electrons. The molecule has 0 aliphatic carbocycles. The van der Waals surface area contributed by atoms with Crippen LogP contribution in [0.15, 0.2) is 53.4 Å². The van der Waals surface area contributed by atoms with E-state index in [0.29, 0.717) is 17.9 Å². The molecule has 0 bridgehead atoms. The van der Waals surface area contributed by atoms with Crippen LogP contribution >= 0.6 is 0 Å². The number of sulfonamides is 1. The second-order valence-corrected chi connectivity index (χ2v) is 7.92. The Bertz CT molecular complexity index is 960. The Morgan fingerprint density at radius 1 is 0.968 bits per heavy atom. The van der Waals surface area contributed by atoms with Crippen molar-refractivity contribution in [1.82, 2.24) is 4.72 Å². The van der Waals surface area contributed by atoms with Crippen molar-refractivity contribution in [2.45, 2.75) is 37.6 Å². The third kappa shape index (κ3) is 7.76. The number of halogens is 3. The van der Waals surface area contributed by atoms with Crippen LogP contribution in [-0.4, -0.2) is 34.0 Å². The van der Waals surface area contributed by atoms with E-state index >= 15 is 0 Å². The first kappa shape index (κ1) is 24.5. The molecule has 31 heavy (non-hydrogen) atoms. The first-order valence-corrected chi connectivity index (χ1v) is 10.8. The number of carbonyl (C=O) groups is 1. The van der Waals surface area contributed by atoms with E-state index in [1.807, 2.05) is 6.92 Å². The fourth-order valence-electron chi connectivity index (χ4n) is 2.65. The van der Waals surface area contributed by atoms with Crippen LogP contribution in [0.5, 0.6) is 11.5 Å². The standard InChI is InChI=1S/C20H22F3NO6S/c1-3-28-15-7-5-14(6-8-15)18(13-19(25)29-4-2)24-31(26,27)17-11-9-16(10-12-17)30-20(21,22)23/h5-12,18,24H,3-4,13H2,1-2H3. The number of esters is 1. The van der Waals surface area contributed by atoms with Gasteiger partial charge in [-0.1, -0.05) is 12.1 Å². The molecule has 1 unspecified atom stereocenters. The van der Waals surface area contributed by atoms with Gasteiger partial charge in [-0.3, -0.25) is 4.79 Å². The van der Waals surface area contributed by atoms with Gasteiger partial charge in [0.05, 0.1) is 30.6 Å². The Labute approximate surface area is 178 Å². The molecule has 0 saturated heterocycles. The Hall–Kier alpha value is -2.79. The predicted octanol–water partition coefficient (Wildman–Crippen LogP) is 3.96. The van der Waals surface area contributed by atoms with E-state index in [0.717, 1.165) is 24.3 Å². The van der Waals surface area contributed by atoms with Gasteiger partial charge < -0.3 is 14.2 Å². The summed E-state index contributed by atoms with van der Waals surface area (Å²) in [5.74, 6) is -0.594. The number of carbonyl (C=O) groups excluding carboxylic acids is 1. The highest BCUT2D eigenvalue weighted by Crippen LogP contribution is 2.26. The summed E-state index contributed by atoms with van der Waals surface area (Å²) in [5, 5.41) is 0. The average molecular weight is 461 g/mol. The van der Waals surface area contributed by atoms with Crippen molar-refractivity contribution in [3.05, 3.63) is 54.1 Å². The van der Waals surface area contributed by atoms with Crippen LogP contribution in [0.3, 0.4) is 0 Å². The van der Waals surface area contributed by atoms with E-state index in [4.69, 9.17) is 9.47 Å². The zero-order chi connectivity index (χ0) is 23.1. The minimum absolute atomic E-state index is 0.127. The van der Waals surface area contributed by atoms with Gasteiger partial charge >= 0.3 is 12.3 Å². The number of benzene rings is 2. The van der Waals surface area contributed by atoms with Crippen molar-refractivity contribution in [3.63, 3.8) is 0 Å². The molecule has 1 N–H and O–H groups in total. The smallest absolute Gasteiger partial charge is 0.494 e. The Morgan fingerprint density at radius 3 is 2.06 bits per heavy atom. The van der Waals surface area contributed by atoms with Crippen molar-refractivity contribution < 1.29 is 40.6 Å². The van der Waals surface area contributed by atoms with Crippen molar-refractivity contribution in [1.29, 1.82) is 0 Å². The van der Waals surface area contributed by atoms with Gasteiger partial charge in [-0.15, -0.1) is 13.2 Å². The lowest BCUT2D eigenvalue weighted by molar-refractivity contribution is -0.274. The molecule has 1 atom stereocenters. The number of alkyl halides is 3. The number of hydrogen-bond donors (Lipinski definition) is 1. The fourth-order valence-corrected chi connectivity index (χ4v) is 3.88. The van der Waals surface area contributed by atoms with Gasteiger partial charge in [-0.2, -0.15) is 0 Å². The third-order valence-electron chi connectivity index (χ3n) is 3.93. The molecule has 0 spiro atoms. The summed E-state index contributed by atoms with van der Waals surface area (Å²) < 4.78 is 78.8. The predicted molar refractivity (Wildman–Crippen MR) is 105 cm³/mol. The maximum absolute atomic E-state index is 12.8. The van der Waals surface area contributed by atoms with Gasteiger partial charge in [0.1, 0.15) is 11.5 Å². The second-order valence-electron chi connectivity index (χ2n) is 6.20. The van der Waals surface area contributed by atoms with Crippen molar-refractivity contribution in [2.24, 2.45) is 0 Å². The Morgan fingerprint density at radius 2 is 1.55 bits per heavy atom. The van der Waals surface area contributed by atoms with Gasteiger partial charge in [0.15, 0.2) is 0 Å². The molecular weight excluding hydrogens is 439 g/mol. The molecule has 2 aromatic rings. The largest absolute Gasteiger partial charge is 0.573 e. The van der Waals surface area contributed by atoms with Gasteiger partial charge in [-0.25, -0.2) is 13.1 Å². The molecule has 0 amide bonds. The van der Waals surface area contributed by atoms with Crippen molar-refractivity contribution >= 4 is 16.0 Å². The first-order chi connectivity index (χ1) is 14.5. The summed E-state index contributed by atoms with van der Waals surface area (Å²) in [5.41, 5.74) is 0.483. The van der Waals surface area contributed by atoms with Gasteiger partial charge in [0.25, 0.3) is 0 Å². The summed E-state index contributed by atoms with van der Waals surface area (Å²) in [4.78, 5) is 11.7. The van der Waals surface area contributed by atoms with Crippen molar-refractivity contribution in [3.8, 4) is 11.5 Å². The minimum atomic E-state index is -4.89. The average Bonchev–Trinajstić information content (AvgIpc) is 2.67. The molecule has 0 fully saturated rings. The number of ether oxygens (including phenoxy) is 3. The lowest BCUT2D eigenvalue weighted by Gasteiger charge is -2.19. The van der Waals surface area contributed by atoms with E-state index in [1.54, 1.807) is 31.2 Å². The van der Waals surface area contributed by atoms with Gasteiger partial charge in [-0.05, 0) is 55.8 Å². The zero-order valence-corrected chi connectivity index (χ0v) is 17.6. The number of nitrogens with one attached hydrogen (secondary N) is 1. The molecule has 0 aliphatic rings. The second kappa shape index (κ2) is 10.5. The Balaban J connectivity index is 2.26. The maximum atomic E-state index is 12.8. The van der Waals surface area contributed by atoms with E-state index < -0.39 is 34.1 Å². The first-order valence-electron chi connectivity index (χ1n) is 9.30. The number of rotatable bonds is 10. The molecule has 11 heteroatoms. The highest BCUT2D eigenvalue weighted by atomic mass is 32.2. The summed E-state index contributed by atoms with van der Waals surface area (Å²) in [7, 11) is -4.17. The fraction of sp³-hybridized carbons (Fsp3) is 0.350. The van der Waals surface area contributed by atoms with E-state index in [-0.39, 0.29) is 17.9 Å². The summed E-state index contributed by atoms with van der Waals surface area (Å²) in [6, 6.07) is 9.24. The van der Waals surface area contributed by atoms with Crippen LogP contribution in [-0.2, 0) is 19.6 Å². The van der Waals surface area contributed by atoms with Crippen LogP contribution in [0.1, 0.15) is 31.9 Å². The Kier molecular flexibility index (Phi) is 8.28. The molecule has 2 rings (SSSR count). The van der Waals surface area contributed by atoms with E-state index in [2.05, 4.69) is 9.46 Å². The topological polar surface area (TPSA) is 90.9 Å². The highest BCUT2D eigenvalue weighted by Gasteiger charge is 2.31. The van der Waals surface area contributed by atoms with Crippen LogP contribution in [0.25, 0.3) is 0 Å². The van der Waals surface area contributed by atoms with Crippen LogP contribution < -0.4 is 14.2 Å². The molecule has 0 aliphatic heterocycles. The third-order valence-corrected chi connectivity index (χ3v) is 5.42. The molecular formula is C20H22F3NO6S. The summed E-state index contributed by atoms with van der Waals surface area (Å²) in [6.07, 6.45) is -5.17. The molecule has 0 heterocycles. The minimum Gasteiger partial charge on any atom is -0.494 e. The molecule has 7 nitrogen and oxygen atoms in total. The molecule has 0 aromatic heterocycles.